The van der Waals surface area contributed by atoms with Crippen LogP contribution in [0.4, 0.5) is 0 Å². The van der Waals surface area contributed by atoms with E-state index in [0.717, 1.165) is 25.8 Å². The highest BCUT2D eigenvalue weighted by molar-refractivity contribution is 5.87. The van der Waals surface area contributed by atoms with E-state index in [4.69, 9.17) is 5.11 Å². The molecular formula is C12H22N2O3. The van der Waals surface area contributed by atoms with Gasteiger partial charge >= 0.3 is 5.97 Å². The number of hydrogen-bond acceptors (Lipinski definition) is 3. The van der Waals surface area contributed by atoms with Gasteiger partial charge in [-0.15, -0.1) is 0 Å². The van der Waals surface area contributed by atoms with Crippen molar-refractivity contribution in [1.82, 2.24) is 10.2 Å². The van der Waals surface area contributed by atoms with Gasteiger partial charge < -0.3 is 15.3 Å². The average Bonchev–Trinajstić information content (AvgIpc) is 2.36. The topological polar surface area (TPSA) is 69.6 Å². The molecule has 0 aromatic carbocycles. The van der Waals surface area contributed by atoms with E-state index < -0.39 is 17.4 Å². The zero-order valence-corrected chi connectivity index (χ0v) is 10.8. The maximum absolute atomic E-state index is 12.4. The van der Waals surface area contributed by atoms with Crippen molar-refractivity contribution in [3.63, 3.8) is 0 Å². The van der Waals surface area contributed by atoms with Gasteiger partial charge in [0.2, 0.25) is 5.91 Å². The maximum Gasteiger partial charge on any atom is 0.326 e. The number of aliphatic carboxylic acids is 1. The van der Waals surface area contributed by atoms with Gasteiger partial charge in [0.15, 0.2) is 0 Å². The maximum atomic E-state index is 12.4. The van der Waals surface area contributed by atoms with Crippen LogP contribution >= 0.6 is 0 Å². The van der Waals surface area contributed by atoms with Gasteiger partial charge in [-0.05, 0) is 32.7 Å². The summed E-state index contributed by atoms with van der Waals surface area (Å²) in [6.07, 6.45) is 2.55. The molecular weight excluding hydrogens is 220 g/mol. The van der Waals surface area contributed by atoms with Crippen molar-refractivity contribution in [3.05, 3.63) is 0 Å². The molecule has 2 atom stereocenters. The van der Waals surface area contributed by atoms with Gasteiger partial charge in [0.25, 0.3) is 0 Å². The molecule has 2 N–H and O–H groups in total. The lowest BCUT2D eigenvalue weighted by Gasteiger charge is -2.39. The predicted octanol–water partition coefficient (Wildman–Crippen LogP) is 0.698. The molecule has 1 rings (SSSR count). The number of carboxylic acid groups (broad SMARTS) is 1. The molecule has 1 heterocycles. The van der Waals surface area contributed by atoms with Crippen molar-refractivity contribution >= 4 is 11.9 Å². The van der Waals surface area contributed by atoms with Crippen LogP contribution < -0.4 is 5.32 Å². The highest BCUT2D eigenvalue weighted by Crippen LogP contribution is 2.32. The lowest BCUT2D eigenvalue weighted by molar-refractivity contribution is -0.154. The summed E-state index contributed by atoms with van der Waals surface area (Å²) >= 11 is 0. The van der Waals surface area contributed by atoms with Crippen molar-refractivity contribution in [2.75, 3.05) is 20.1 Å². The molecule has 1 saturated heterocycles. The van der Waals surface area contributed by atoms with E-state index in [0.29, 0.717) is 6.54 Å². The molecule has 1 aliphatic heterocycles. The molecule has 0 bridgehead atoms. The van der Waals surface area contributed by atoms with Crippen LogP contribution in [-0.2, 0) is 9.59 Å². The predicted molar refractivity (Wildman–Crippen MR) is 64.7 cm³/mol. The Morgan fingerprint density at radius 2 is 2.18 bits per heavy atom. The number of piperidine rings is 1. The molecule has 1 fully saturated rings. The van der Waals surface area contributed by atoms with Gasteiger partial charge in [-0.1, -0.05) is 6.92 Å². The van der Waals surface area contributed by atoms with Crippen LogP contribution in [0.25, 0.3) is 0 Å². The number of carbonyl (C=O) groups excluding carboxylic acids is 1. The van der Waals surface area contributed by atoms with Gasteiger partial charge in [-0.25, -0.2) is 4.79 Å². The van der Waals surface area contributed by atoms with E-state index in [1.165, 1.54) is 4.90 Å². The summed E-state index contributed by atoms with van der Waals surface area (Å²) in [4.78, 5) is 24.7. The number of likely N-dealkylation sites (N-methyl/N-ethyl adjacent to an activating group) is 1. The van der Waals surface area contributed by atoms with Crippen LogP contribution in [0, 0.1) is 5.41 Å². The van der Waals surface area contributed by atoms with Crippen molar-refractivity contribution in [3.8, 4) is 0 Å². The minimum Gasteiger partial charge on any atom is -0.480 e. The number of carboxylic acids is 1. The summed E-state index contributed by atoms with van der Waals surface area (Å²) in [5, 5.41) is 12.2. The largest absolute Gasteiger partial charge is 0.480 e. The number of nitrogens with zero attached hydrogens (tertiary/aromatic N) is 1. The number of amides is 1. The first kappa shape index (κ1) is 14.0. The third kappa shape index (κ3) is 2.77. The molecule has 5 heteroatoms. The molecule has 0 spiro atoms. The van der Waals surface area contributed by atoms with Gasteiger partial charge in [0, 0.05) is 13.6 Å². The van der Waals surface area contributed by atoms with Crippen molar-refractivity contribution in [2.24, 2.45) is 5.41 Å². The summed E-state index contributed by atoms with van der Waals surface area (Å²) in [7, 11) is 1.58. The summed E-state index contributed by atoms with van der Waals surface area (Å²) in [6, 6.07) is -0.771. The van der Waals surface area contributed by atoms with Crippen molar-refractivity contribution < 1.29 is 14.7 Å². The highest BCUT2D eigenvalue weighted by atomic mass is 16.4. The van der Waals surface area contributed by atoms with Crippen LogP contribution in [-0.4, -0.2) is 48.1 Å². The quantitative estimate of drug-likeness (QED) is 0.761. The van der Waals surface area contributed by atoms with Gasteiger partial charge in [-0.3, -0.25) is 4.79 Å². The average molecular weight is 242 g/mol. The molecule has 5 nitrogen and oxygen atoms in total. The second-order valence-electron chi connectivity index (χ2n) is 4.84. The summed E-state index contributed by atoms with van der Waals surface area (Å²) < 4.78 is 0. The first-order valence-corrected chi connectivity index (χ1v) is 6.15. The number of rotatable bonds is 4. The normalized spacial score (nSPS) is 26.3. The minimum absolute atomic E-state index is 0.0536. The fourth-order valence-corrected chi connectivity index (χ4v) is 2.32. The Kier molecular flexibility index (Phi) is 4.51. The van der Waals surface area contributed by atoms with Gasteiger partial charge in [-0.2, -0.15) is 0 Å². The molecule has 0 aromatic rings. The molecule has 2 unspecified atom stereocenters. The van der Waals surface area contributed by atoms with Crippen LogP contribution in [0.1, 0.15) is 33.1 Å². The van der Waals surface area contributed by atoms with Crippen LogP contribution in [0.3, 0.4) is 0 Å². The highest BCUT2D eigenvalue weighted by Gasteiger charge is 2.41. The summed E-state index contributed by atoms with van der Waals surface area (Å²) in [5.41, 5.74) is -0.420. The summed E-state index contributed by atoms with van der Waals surface area (Å²) in [5.74, 6) is -1.02. The van der Waals surface area contributed by atoms with E-state index in [2.05, 4.69) is 5.32 Å². The Morgan fingerprint density at radius 3 is 2.59 bits per heavy atom. The molecule has 0 saturated carbocycles. The molecule has 0 aromatic heterocycles. The third-order valence-electron chi connectivity index (χ3n) is 3.86. The van der Waals surface area contributed by atoms with E-state index in [1.807, 2.05) is 6.92 Å². The van der Waals surface area contributed by atoms with E-state index in [1.54, 1.807) is 14.0 Å². The van der Waals surface area contributed by atoms with E-state index in [9.17, 15) is 9.59 Å². The number of hydrogen-bond donors (Lipinski definition) is 2. The van der Waals surface area contributed by atoms with Crippen LogP contribution in [0.5, 0.6) is 0 Å². The Hall–Kier alpha value is -1.10. The van der Waals surface area contributed by atoms with Crippen molar-refractivity contribution in [1.29, 1.82) is 0 Å². The Bertz CT molecular complexity index is 298. The molecule has 1 amide bonds. The zero-order chi connectivity index (χ0) is 13.1. The van der Waals surface area contributed by atoms with Crippen LogP contribution in [0.2, 0.25) is 0 Å². The molecule has 17 heavy (non-hydrogen) atoms. The second-order valence-corrected chi connectivity index (χ2v) is 4.84. The summed E-state index contributed by atoms with van der Waals surface area (Å²) in [6.45, 7) is 5.12. The second kappa shape index (κ2) is 5.49. The number of carbonyl (C=O) groups is 2. The fraction of sp³-hybridized carbons (Fsp3) is 0.833. The van der Waals surface area contributed by atoms with Crippen molar-refractivity contribution in [2.45, 2.75) is 39.2 Å². The SMILES string of the molecule is CCC1(C(=O)N(C)C(C)C(=O)O)CCCNC1. The standard InChI is InChI=1S/C12H22N2O3/c1-4-12(6-5-7-13-8-12)11(17)14(3)9(2)10(15)16/h9,13H,4-8H2,1-3H3,(H,15,16). The monoisotopic (exact) mass is 242 g/mol. The first-order valence-electron chi connectivity index (χ1n) is 6.15. The first-order chi connectivity index (χ1) is 7.94. The third-order valence-corrected chi connectivity index (χ3v) is 3.86. The van der Waals surface area contributed by atoms with E-state index in [-0.39, 0.29) is 5.91 Å². The smallest absolute Gasteiger partial charge is 0.326 e. The molecule has 0 aliphatic carbocycles. The van der Waals surface area contributed by atoms with Crippen LogP contribution in [0.15, 0.2) is 0 Å². The fourth-order valence-electron chi connectivity index (χ4n) is 2.32. The van der Waals surface area contributed by atoms with E-state index >= 15 is 0 Å². The lowest BCUT2D eigenvalue weighted by Crippen LogP contribution is -2.53. The van der Waals surface area contributed by atoms with Gasteiger partial charge in [0.05, 0.1) is 5.41 Å². The zero-order valence-electron chi connectivity index (χ0n) is 10.8. The molecule has 0 radical (unpaired) electrons. The molecule has 1 aliphatic rings. The van der Waals surface area contributed by atoms with Gasteiger partial charge in [0.1, 0.15) is 6.04 Å². The minimum atomic E-state index is -0.962. The lowest BCUT2D eigenvalue weighted by atomic mass is 9.77. The number of nitrogens with one attached hydrogen (secondary N) is 1. The molecule has 98 valence electrons. The Labute approximate surface area is 102 Å². The Morgan fingerprint density at radius 1 is 1.53 bits per heavy atom. The Balaban J connectivity index is 2.81.